The van der Waals surface area contributed by atoms with Crippen LogP contribution in [-0.2, 0) is 32.0 Å². The van der Waals surface area contributed by atoms with Gasteiger partial charge in [0.15, 0.2) is 0 Å². The van der Waals surface area contributed by atoms with Gasteiger partial charge in [-0.05, 0) is 6.08 Å². The minimum absolute atomic E-state index is 0. The van der Waals surface area contributed by atoms with Gasteiger partial charge in [-0.2, -0.15) is 0 Å². The van der Waals surface area contributed by atoms with Crippen LogP contribution in [0.15, 0.2) is 12.2 Å². The summed E-state index contributed by atoms with van der Waals surface area (Å²) in [6.45, 7) is 0. The van der Waals surface area contributed by atoms with Gasteiger partial charge in [0.25, 0.3) is 0 Å². The summed E-state index contributed by atoms with van der Waals surface area (Å²) in [6, 6.07) is 0. The van der Waals surface area contributed by atoms with E-state index < -0.39 is 11.9 Å². The van der Waals surface area contributed by atoms with E-state index in [0.717, 1.165) is 0 Å². The van der Waals surface area contributed by atoms with Crippen molar-refractivity contribution in [2.45, 2.75) is 0 Å². The van der Waals surface area contributed by atoms with Gasteiger partial charge in [0.1, 0.15) is 0 Å². The van der Waals surface area contributed by atoms with E-state index in [4.69, 9.17) is 5.11 Å². The fourth-order valence-corrected chi connectivity index (χ4v) is 0.139. The third kappa shape index (κ3) is 11.2. The van der Waals surface area contributed by atoms with Crippen LogP contribution in [0, 0.1) is 0 Å². The second-order valence-electron chi connectivity index (χ2n) is 0.991. The quantitative estimate of drug-likeness (QED) is 0.450. The smallest absolute Gasteiger partial charge is 0.545 e. The van der Waals surface area contributed by atoms with E-state index in [-0.39, 0.29) is 22.4 Å². The zero-order chi connectivity index (χ0) is 6.57. The number of hydrogen-bond acceptors (Lipinski definition) is 3. The molecule has 0 spiro atoms. The number of carbonyl (C=O) groups is 2. The van der Waals surface area contributed by atoms with E-state index in [2.05, 4.69) is 0 Å². The molecule has 0 heterocycles. The average Bonchev–Trinajstić information content (AvgIpc) is 1.61. The predicted octanol–water partition coefficient (Wildman–Crippen LogP) is -1.63. The van der Waals surface area contributed by atoms with Crippen LogP contribution in [0.25, 0.3) is 0 Å². The maximum absolute atomic E-state index is 9.53. The summed E-state index contributed by atoms with van der Waals surface area (Å²) in [6.07, 6.45) is 0.942. The fraction of sp³-hybridized carbons (Fsp3) is 0. The maximum Gasteiger partial charge on any atom is 1.00 e. The maximum atomic E-state index is 9.53. The van der Waals surface area contributed by atoms with Crippen LogP contribution in [0.4, 0.5) is 0 Å². The van der Waals surface area contributed by atoms with Gasteiger partial charge in [-0.3, -0.25) is 0 Å². The summed E-state index contributed by atoms with van der Waals surface area (Å²) in [4.78, 5) is 19.0. The Labute approximate surface area is 66.7 Å². The summed E-state index contributed by atoms with van der Waals surface area (Å²) in [7, 11) is 0. The first-order valence-corrected chi connectivity index (χ1v) is 1.75. The van der Waals surface area contributed by atoms with Gasteiger partial charge in [-0.25, -0.2) is 4.79 Å². The predicted molar refractivity (Wildman–Crippen MR) is 21.8 cm³/mol. The van der Waals surface area contributed by atoms with Crippen molar-refractivity contribution in [2.24, 2.45) is 0 Å². The second kappa shape index (κ2) is 5.56. The molecule has 0 aromatic rings. The van der Waals surface area contributed by atoms with Gasteiger partial charge in [0.05, 0.1) is 5.97 Å². The summed E-state index contributed by atoms with van der Waals surface area (Å²) in [5, 5.41) is 17.2. The molecule has 4 nitrogen and oxygen atoms in total. The molecule has 0 aliphatic heterocycles. The van der Waals surface area contributed by atoms with Crippen molar-refractivity contribution in [1.82, 2.24) is 0 Å². The number of rotatable bonds is 2. The third-order valence-electron chi connectivity index (χ3n) is 0.362. The van der Waals surface area contributed by atoms with Crippen molar-refractivity contribution in [3.63, 3.8) is 0 Å². The van der Waals surface area contributed by atoms with E-state index in [9.17, 15) is 14.7 Å². The molecule has 9 heavy (non-hydrogen) atoms. The Bertz CT molecular complexity index is 124. The Balaban J connectivity index is 0. The second-order valence-corrected chi connectivity index (χ2v) is 0.991. The number of carboxylic acids is 2. The fourth-order valence-electron chi connectivity index (χ4n) is 0.139. The van der Waals surface area contributed by atoms with Crippen molar-refractivity contribution < 1.29 is 42.2 Å². The minimum atomic E-state index is -1.51. The van der Waals surface area contributed by atoms with Gasteiger partial charge in [-0.15, -0.1) is 0 Å². The van der Waals surface area contributed by atoms with Crippen molar-refractivity contribution in [2.75, 3.05) is 0 Å². The molecule has 0 aliphatic rings. The van der Waals surface area contributed by atoms with Crippen molar-refractivity contribution in [1.29, 1.82) is 0 Å². The van der Waals surface area contributed by atoms with Gasteiger partial charge in [-0.1, -0.05) is 0 Å². The van der Waals surface area contributed by atoms with Crippen molar-refractivity contribution in [3.8, 4) is 0 Å². The van der Waals surface area contributed by atoms with E-state index in [1.54, 1.807) is 0 Å². The van der Waals surface area contributed by atoms with Crippen molar-refractivity contribution >= 4 is 11.9 Å². The molecular formula is C4H3AgO4. The van der Waals surface area contributed by atoms with E-state index in [0.29, 0.717) is 12.2 Å². The third-order valence-corrected chi connectivity index (χ3v) is 0.362. The molecule has 0 radical (unpaired) electrons. The van der Waals surface area contributed by atoms with Gasteiger partial charge >= 0.3 is 28.3 Å². The molecule has 0 aromatic heterocycles. The molecule has 1 N–H and O–H groups in total. The Morgan fingerprint density at radius 1 is 1.33 bits per heavy atom. The van der Waals surface area contributed by atoms with Crippen LogP contribution < -0.4 is 5.11 Å². The molecule has 54 valence electrons. The Hall–Kier alpha value is -0.580. The summed E-state index contributed by atoms with van der Waals surface area (Å²) < 4.78 is 0. The van der Waals surface area contributed by atoms with E-state index in [1.165, 1.54) is 0 Å². The first kappa shape index (κ1) is 11.2. The number of carboxylic acid groups (broad SMARTS) is 2. The van der Waals surface area contributed by atoms with Crippen LogP contribution in [0.5, 0.6) is 0 Å². The zero-order valence-corrected chi connectivity index (χ0v) is 5.61. The van der Waals surface area contributed by atoms with Crippen LogP contribution >= 0.6 is 0 Å². The molecule has 0 aromatic carbocycles. The summed E-state index contributed by atoms with van der Waals surface area (Å²) in [5.74, 6) is -2.80. The minimum Gasteiger partial charge on any atom is -0.545 e. The van der Waals surface area contributed by atoms with E-state index in [1.807, 2.05) is 0 Å². The first-order chi connectivity index (χ1) is 3.63. The molecule has 0 fully saturated rings. The van der Waals surface area contributed by atoms with Crippen LogP contribution in [0.1, 0.15) is 0 Å². The van der Waals surface area contributed by atoms with Crippen LogP contribution in [-0.4, -0.2) is 17.0 Å². The molecule has 0 amide bonds. The number of carbonyl (C=O) groups excluding carboxylic acids is 1. The molecule has 0 unspecified atom stereocenters. The normalized spacial score (nSPS) is 8.44. The number of aliphatic carboxylic acids is 2. The van der Waals surface area contributed by atoms with Gasteiger partial charge in [0, 0.05) is 6.08 Å². The van der Waals surface area contributed by atoms with Crippen LogP contribution in [0.3, 0.4) is 0 Å². The molecule has 0 saturated heterocycles. The molecule has 0 bridgehead atoms. The summed E-state index contributed by atoms with van der Waals surface area (Å²) >= 11 is 0. The average molecular weight is 223 g/mol. The number of hydrogen-bond donors (Lipinski definition) is 1. The Morgan fingerprint density at radius 3 is 1.89 bits per heavy atom. The van der Waals surface area contributed by atoms with Gasteiger partial charge < -0.3 is 15.0 Å². The SMILES string of the molecule is O=C([O-])/C=C\C(=O)O.[Ag+]. The standard InChI is InChI=1S/C4H4O4.Ag/c5-3(6)1-2-4(7)8;/h1-2H,(H,5,6)(H,7,8);/q;+1/p-1/b2-1-;. The van der Waals surface area contributed by atoms with Gasteiger partial charge in [0.2, 0.25) is 0 Å². The monoisotopic (exact) mass is 222 g/mol. The topological polar surface area (TPSA) is 77.4 Å². The zero-order valence-electron chi connectivity index (χ0n) is 4.13. The van der Waals surface area contributed by atoms with Crippen molar-refractivity contribution in [3.05, 3.63) is 12.2 Å². The largest absolute Gasteiger partial charge is 1.00 e. The molecule has 0 aliphatic carbocycles. The summed E-state index contributed by atoms with van der Waals surface area (Å²) in [5.41, 5.74) is 0. The van der Waals surface area contributed by atoms with E-state index >= 15 is 0 Å². The Kier molecular flexibility index (Phi) is 6.94. The Morgan fingerprint density at radius 2 is 1.78 bits per heavy atom. The van der Waals surface area contributed by atoms with Crippen LogP contribution in [0.2, 0.25) is 0 Å². The first-order valence-electron chi connectivity index (χ1n) is 1.75. The molecule has 0 rings (SSSR count). The molecule has 5 heteroatoms. The molecular weight excluding hydrogens is 220 g/mol. The molecule has 0 atom stereocenters. The molecule has 0 saturated carbocycles.